The van der Waals surface area contributed by atoms with Crippen LogP contribution in [0.15, 0.2) is 24.3 Å². The minimum Gasteiger partial charge on any atom is -0.495 e. The molecule has 5 nitrogen and oxygen atoms in total. The van der Waals surface area contributed by atoms with Crippen LogP contribution in [-0.4, -0.2) is 46.5 Å². The molecule has 106 valence electrons. The number of hydrogen-bond acceptors (Lipinski definition) is 5. The summed E-state index contributed by atoms with van der Waals surface area (Å²) in [6, 6.07) is 7.76. The van der Waals surface area contributed by atoms with E-state index in [0.29, 0.717) is 19.8 Å². The molecule has 19 heavy (non-hydrogen) atoms. The molecule has 0 aliphatic rings. The summed E-state index contributed by atoms with van der Waals surface area (Å²) >= 11 is 0. The van der Waals surface area contributed by atoms with Crippen LogP contribution in [0.1, 0.15) is 6.92 Å². The highest BCUT2D eigenvalue weighted by Gasteiger charge is 2.07. The van der Waals surface area contributed by atoms with Crippen LogP contribution in [0, 0.1) is 0 Å². The smallest absolute Gasteiger partial charge is 0.332 e. The fraction of sp³-hybridized carbons (Fsp3) is 0.500. The van der Waals surface area contributed by atoms with Gasteiger partial charge in [0.25, 0.3) is 0 Å². The van der Waals surface area contributed by atoms with Gasteiger partial charge in [-0.05, 0) is 19.1 Å². The van der Waals surface area contributed by atoms with E-state index in [0.717, 1.165) is 11.4 Å². The van der Waals surface area contributed by atoms with E-state index in [4.69, 9.17) is 14.2 Å². The minimum absolute atomic E-state index is 0.00634. The van der Waals surface area contributed by atoms with Gasteiger partial charge in [0.1, 0.15) is 12.4 Å². The molecule has 0 unspecified atom stereocenters. The first kappa shape index (κ1) is 15.3. The van der Waals surface area contributed by atoms with Crippen molar-refractivity contribution in [3.05, 3.63) is 24.3 Å². The summed E-state index contributed by atoms with van der Waals surface area (Å²) in [7, 11) is 3.59. The molecule has 0 heterocycles. The van der Waals surface area contributed by atoms with Gasteiger partial charge in [0.15, 0.2) is 0 Å². The van der Waals surface area contributed by atoms with Gasteiger partial charge in [-0.25, -0.2) is 4.79 Å². The summed E-state index contributed by atoms with van der Waals surface area (Å²) in [5.74, 6) is 0.484. The summed E-state index contributed by atoms with van der Waals surface area (Å²) in [6.07, 6.45) is 0. The van der Waals surface area contributed by atoms with Crippen LogP contribution in [0.2, 0.25) is 0 Å². The number of para-hydroxylation sites is 2. The van der Waals surface area contributed by atoms with E-state index in [1.165, 1.54) is 0 Å². The molecule has 0 saturated carbocycles. The van der Waals surface area contributed by atoms with Gasteiger partial charge < -0.3 is 19.1 Å². The van der Waals surface area contributed by atoms with Crippen molar-refractivity contribution >= 4 is 11.7 Å². The van der Waals surface area contributed by atoms with Crippen LogP contribution in [0.25, 0.3) is 0 Å². The molecule has 1 rings (SSSR count). The number of methoxy groups -OCH3 is 1. The molecule has 1 aromatic carbocycles. The molecular formula is C14H21NO4. The quantitative estimate of drug-likeness (QED) is 0.530. The van der Waals surface area contributed by atoms with E-state index in [1.807, 2.05) is 36.2 Å². The Bertz CT molecular complexity index is 395. The van der Waals surface area contributed by atoms with Crippen molar-refractivity contribution in [3.8, 4) is 5.75 Å². The first-order valence-electron chi connectivity index (χ1n) is 6.26. The number of rotatable bonds is 8. The number of ether oxygens (including phenoxy) is 3. The summed E-state index contributed by atoms with van der Waals surface area (Å²) in [5.41, 5.74) is 0.990. The molecule has 0 aliphatic heterocycles. The predicted octanol–water partition coefficient (Wildman–Crippen LogP) is 1.71. The molecule has 0 aromatic heterocycles. The van der Waals surface area contributed by atoms with Gasteiger partial charge in [0, 0.05) is 13.6 Å². The molecule has 0 amide bonds. The van der Waals surface area contributed by atoms with E-state index in [2.05, 4.69) is 0 Å². The van der Waals surface area contributed by atoms with Crippen LogP contribution in [0.3, 0.4) is 0 Å². The number of carbonyl (C=O) groups excluding carboxylic acids is 1. The van der Waals surface area contributed by atoms with Crippen LogP contribution >= 0.6 is 0 Å². The Morgan fingerprint density at radius 3 is 2.74 bits per heavy atom. The maximum atomic E-state index is 11.1. The second kappa shape index (κ2) is 8.37. The van der Waals surface area contributed by atoms with Crippen molar-refractivity contribution in [3.63, 3.8) is 0 Å². The average molecular weight is 267 g/mol. The lowest BCUT2D eigenvalue weighted by Crippen LogP contribution is -2.24. The summed E-state index contributed by atoms with van der Waals surface area (Å²) in [4.78, 5) is 13.1. The lowest BCUT2D eigenvalue weighted by molar-refractivity contribution is -0.148. The molecule has 1 aromatic rings. The number of benzene rings is 1. The molecule has 0 fully saturated rings. The second-order valence-corrected chi connectivity index (χ2v) is 3.95. The van der Waals surface area contributed by atoms with Crippen LogP contribution in [0.4, 0.5) is 5.69 Å². The summed E-state index contributed by atoms with van der Waals surface area (Å²) in [5, 5.41) is 0. The molecule has 0 spiro atoms. The Morgan fingerprint density at radius 2 is 2.05 bits per heavy atom. The maximum absolute atomic E-state index is 11.1. The number of carbonyl (C=O) groups is 1. The molecule has 0 aliphatic carbocycles. The van der Waals surface area contributed by atoms with Crippen molar-refractivity contribution in [2.24, 2.45) is 0 Å². The Balaban J connectivity index is 2.35. The SMILES string of the molecule is CCOC(=O)COCCN(C)c1ccccc1OC. The highest BCUT2D eigenvalue weighted by Crippen LogP contribution is 2.26. The fourth-order valence-corrected chi connectivity index (χ4v) is 1.63. The number of hydrogen-bond donors (Lipinski definition) is 0. The number of likely N-dealkylation sites (N-methyl/N-ethyl adjacent to an activating group) is 1. The minimum atomic E-state index is -0.331. The van der Waals surface area contributed by atoms with Crippen LogP contribution in [0.5, 0.6) is 5.75 Å². The predicted molar refractivity (Wildman–Crippen MR) is 73.7 cm³/mol. The van der Waals surface area contributed by atoms with Crippen molar-refractivity contribution < 1.29 is 19.0 Å². The van der Waals surface area contributed by atoms with Gasteiger partial charge in [-0.2, -0.15) is 0 Å². The number of nitrogens with zero attached hydrogens (tertiary/aromatic N) is 1. The monoisotopic (exact) mass is 267 g/mol. The average Bonchev–Trinajstić information content (AvgIpc) is 2.43. The van der Waals surface area contributed by atoms with Gasteiger partial charge in [0.05, 0.1) is 26.0 Å². The molecule has 0 saturated heterocycles. The fourth-order valence-electron chi connectivity index (χ4n) is 1.63. The molecule has 0 atom stereocenters. The molecule has 0 radical (unpaired) electrons. The van der Waals surface area contributed by atoms with E-state index < -0.39 is 0 Å². The van der Waals surface area contributed by atoms with E-state index >= 15 is 0 Å². The third-order valence-corrected chi connectivity index (χ3v) is 2.59. The van der Waals surface area contributed by atoms with Crippen LogP contribution < -0.4 is 9.64 Å². The lowest BCUT2D eigenvalue weighted by Gasteiger charge is -2.21. The number of anilines is 1. The first-order valence-corrected chi connectivity index (χ1v) is 6.26. The standard InChI is InChI=1S/C14H21NO4/c1-4-19-14(16)11-18-10-9-15(2)12-7-5-6-8-13(12)17-3/h5-8H,4,9-11H2,1-3H3. The van der Waals surface area contributed by atoms with Crippen molar-refractivity contribution in [1.29, 1.82) is 0 Å². The molecule has 5 heteroatoms. The topological polar surface area (TPSA) is 48.0 Å². The Kier molecular flexibility index (Phi) is 6.74. The third kappa shape index (κ3) is 5.18. The largest absolute Gasteiger partial charge is 0.495 e. The molecule has 0 bridgehead atoms. The second-order valence-electron chi connectivity index (χ2n) is 3.95. The molecule has 0 N–H and O–H groups in total. The number of esters is 1. The maximum Gasteiger partial charge on any atom is 0.332 e. The zero-order valence-corrected chi connectivity index (χ0v) is 11.7. The summed E-state index contributed by atoms with van der Waals surface area (Å²) in [6.45, 7) is 3.26. The Labute approximate surface area is 114 Å². The van der Waals surface area contributed by atoms with Gasteiger partial charge in [-0.1, -0.05) is 12.1 Å². The van der Waals surface area contributed by atoms with Crippen LogP contribution in [-0.2, 0) is 14.3 Å². The van der Waals surface area contributed by atoms with Crippen molar-refractivity contribution in [2.75, 3.05) is 45.4 Å². The van der Waals surface area contributed by atoms with E-state index in [-0.39, 0.29) is 12.6 Å². The van der Waals surface area contributed by atoms with Gasteiger partial charge in [-0.3, -0.25) is 0 Å². The zero-order valence-electron chi connectivity index (χ0n) is 11.7. The molecular weight excluding hydrogens is 246 g/mol. The van der Waals surface area contributed by atoms with Crippen molar-refractivity contribution in [2.45, 2.75) is 6.92 Å². The van der Waals surface area contributed by atoms with Crippen molar-refractivity contribution in [1.82, 2.24) is 0 Å². The normalized spacial score (nSPS) is 10.1. The van der Waals surface area contributed by atoms with E-state index in [1.54, 1.807) is 14.0 Å². The van der Waals surface area contributed by atoms with E-state index in [9.17, 15) is 4.79 Å². The first-order chi connectivity index (χ1) is 9.19. The van der Waals surface area contributed by atoms with Gasteiger partial charge in [0.2, 0.25) is 0 Å². The Morgan fingerprint density at radius 1 is 1.32 bits per heavy atom. The third-order valence-electron chi connectivity index (χ3n) is 2.59. The highest BCUT2D eigenvalue weighted by atomic mass is 16.6. The Hall–Kier alpha value is -1.75. The van der Waals surface area contributed by atoms with Gasteiger partial charge in [-0.15, -0.1) is 0 Å². The highest BCUT2D eigenvalue weighted by molar-refractivity contribution is 5.70. The van der Waals surface area contributed by atoms with Gasteiger partial charge >= 0.3 is 5.97 Å². The zero-order chi connectivity index (χ0) is 14.1. The summed E-state index contributed by atoms with van der Waals surface area (Å²) < 4.78 is 15.3. The lowest BCUT2D eigenvalue weighted by atomic mass is 10.2.